The molecular weight excluding hydrogens is 477 g/mol. The number of halogens is 2. The molecule has 0 aliphatic carbocycles. The Morgan fingerprint density at radius 3 is 2.15 bits per heavy atom. The van der Waals surface area contributed by atoms with E-state index in [0.717, 1.165) is 28.0 Å². The highest BCUT2D eigenvalue weighted by molar-refractivity contribution is 7.99. The van der Waals surface area contributed by atoms with E-state index in [4.69, 9.17) is 23.2 Å². The van der Waals surface area contributed by atoms with Crippen molar-refractivity contribution in [3.8, 4) is 5.69 Å². The largest absolute Gasteiger partial charge is 0.378 e. The number of nitrogens with one attached hydrogen (secondary N) is 2. The first-order chi connectivity index (χ1) is 16.1. The molecule has 0 unspecified atom stereocenters. The van der Waals surface area contributed by atoms with E-state index >= 15 is 0 Å². The average molecular weight is 498 g/mol. The third kappa shape index (κ3) is 6.51. The van der Waals surface area contributed by atoms with Crippen LogP contribution in [-0.4, -0.2) is 26.4 Å². The molecule has 168 valence electrons. The molecule has 1 amide bonds. The van der Waals surface area contributed by atoms with Crippen LogP contribution in [0.25, 0.3) is 5.69 Å². The van der Waals surface area contributed by atoms with Gasteiger partial charge >= 0.3 is 0 Å². The van der Waals surface area contributed by atoms with Crippen LogP contribution in [0.3, 0.4) is 0 Å². The summed E-state index contributed by atoms with van der Waals surface area (Å²) in [4.78, 5) is 12.3. The predicted molar refractivity (Wildman–Crippen MR) is 136 cm³/mol. The molecule has 0 saturated heterocycles. The van der Waals surface area contributed by atoms with Gasteiger partial charge in [-0.05, 0) is 60.7 Å². The first-order valence-corrected chi connectivity index (χ1v) is 12.0. The van der Waals surface area contributed by atoms with E-state index in [2.05, 4.69) is 20.8 Å². The number of benzene rings is 3. The lowest BCUT2D eigenvalue weighted by molar-refractivity contribution is -0.115. The van der Waals surface area contributed by atoms with Gasteiger partial charge in [0.25, 0.3) is 0 Å². The number of carbonyl (C=O) groups excluding carboxylic acids is 1. The van der Waals surface area contributed by atoms with E-state index in [9.17, 15) is 4.79 Å². The molecule has 0 saturated carbocycles. The van der Waals surface area contributed by atoms with Crippen molar-refractivity contribution in [2.75, 3.05) is 16.4 Å². The number of anilines is 2. The number of hydrogen-bond donors (Lipinski definition) is 2. The zero-order chi connectivity index (χ0) is 23.0. The normalized spacial score (nSPS) is 10.7. The molecule has 0 aliphatic heterocycles. The highest BCUT2D eigenvalue weighted by atomic mass is 35.5. The van der Waals surface area contributed by atoms with Crippen LogP contribution in [0.2, 0.25) is 10.0 Å². The fourth-order valence-electron chi connectivity index (χ4n) is 3.09. The van der Waals surface area contributed by atoms with Gasteiger partial charge in [-0.3, -0.25) is 9.36 Å². The lowest BCUT2D eigenvalue weighted by Crippen LogP contribution is -2.12. The molecule has 0 aliphatic rings. The van der Waals surface area contributed by atoms with Crippen molar-refractivity contribution in [3.63, 3.8) is 0 Å². The van der Waals surface area contributed by atoms with E-state index in [0.29, 0.717) is 28.8 Å². The number of rotatable bonds is 9. The Morgan fingerprint density at radius 1 is 0.848 bits per heavy atom. The van der Waals surface area contributed by atoms with Gasteiger partial charge in [-0.25, -0.2) is 0 Å². The third-order valence-corrected chi connectivity index (χ3v) is 6.13. The lowest BCUT2D eigenvalue weighted by atomic mass is 10.3. The number of amides is 1. The number of thioether (sulfide) groups is 1. The molecule has 0 fully saturated rings. The van der Waals surface area contributed by atoms with Gasteiger partial charge in [-0.2, -0.15) is 0 Å². The predicted octanol–water partition coefficient (Wildman–Crippen LogP) is 6.31. The van der Waals surface area contributed by atoms with Crippen LogP contribution in [0, 0.1) is 0 Å². The van der Waals surface area contributed by atoms with Gasteiger partial charge in [0.15, 0.2) is 11.0 Å². The SMILES string of the molecule is O=C(CCSc1nnc(CNc2ccc(Cl)cc2)n1-c1ccccc1)Nc1ccc(Cl)cc1. The second kappa shape index (κ2) is 11.2. The Morgan fingerprint density at radius 2 is 1.48 bits per heavy atom. The summed E-state index contributed by atoms with van der Waals surface area (Å²) in [7, 11) is 0. The molecule has 0 bridgehead atoms. The highest BCUT2D eigenvalue weighted by Gasteiger charge is 2.15. The van der Waals surface area contributed by atoms with Crippen LogP contribution in [0.15, 0.2) is 84.0 Å². The summed E-state index contributed by atoms with van der Waals surface area (Å²) in [6.07, 6.45) is 0.341. The first kappa shape index (κ1) is 23.2. The van der Waals surface area contributed by atoms with Crippen LogP contribution in [0.4, 0.5) is 11.4 Å². The molecule has 4 rings (SSSR count). The smallest absolute Gasteiger partial charge is 0.225 e. The monoisotopic (exact) mass is 497 g/mol. The zero-order valence-electron chi connectivity index (χ0n) is 17.5. The van der Waals surface area contributed by atoms with Gasteiger partial charge in [0.05, 0.1) is 6.54 Å². The van der Waals surface area contributed by atoms with Crippen LogP contribution in [0.1, 0.15) is 12.2 Å². The highest BCUT2D eigenvalue weighted by Crippen LogP contribution is 2.24. The Hall–Kier alpha value is -3.00. The molecular formula is C24H21Cl2N5OS. The van der Waals surface area contributed by atoms with E-state index in [1.807, 2.05) is 59.2 Å². The molecule has 6 nitrogen and oxygen atoms in total. The fraction of sp³-hybridized carbons (Fsp3) is 0.125. The molecule has 0 atom stereocenters. The molecule has 0 radical (unpaired) electrons. The summed E-state index contributed by atoms with van der Waals surface area (Å²) in [5.74, 6) is 1.26. The quantitative estimate of drug-likeness (QED) is 0.265. The standard InChI is InChI=1S/C24H21Cl2N5OS/c25-17-6-10-19(11-7-17)27-16-22-29-30-24(31(22)21-4-2-1-3-5-21)33-15-14-23(32)28-20-12-8-18(26)9-13-20/h1-13,27H,14-16H2,(H,28,32). The Balaban J connectivity index is 1.42. The summed E-state index contributed by atoms with van der Waals surface area (Å²) >= 11 is 13.3. The maximum Gasteiger partial charge on any atom is 0.225 e. The van der Waals surface area contributed by atoms with Gasteiger partial charge in [-0.1, -0.05) is 53.2 Å². The maximum absolute atomic E-state index is 12.3. The minimum atomic E-state index is -0.0692. The van der Waals surface area contributed by atoms with E-state index in [-0.39, 0.29) is 5.91 Å². The van der Waals surface area contributed by atoms with Gasteiger partial charge in [0.2, 0.25) is 5.91 Å². The van der Waals surface area contributed by atoms with Crippen molar-refractivity contribution in [1.29, 1.82) is 0 Å². The number of hydrogen-bond acceptors (Lipinski definition) is 5. The molecule has 0 spiro atoms. The Kier molecular flexibility index (Phi) is 7.88. The van der Waals surface area contributed by atoms with E-state index < -0.39 is 0 Å². The summed E-state index contributed by atoms with van der Waals surface area (Å²) in [6.45, 7) is 0.487. The molecule has 1 aromatic heterocycles. The van der Waals surface area contributed by atoms with Crippen LogP contribution in [-0.2, 0) is 11.3 Å². The topological polar surface area (TPSA) is 71.8 Å². The maximum atomic E-state index is 12.3. The van der Waals surface area contributed by atoms with Gasteiger partial charge in [0, 0.05) is 39.3 Å². The number of aromatic nitrogens is 3. The number of carbonyl (C=O) groups is 1. The molecule has 9 heteroatoms. The number of nitrogens with zero attached hydrogens (tertiary/aromatic N) is 3. The molecule has 4 aromatic rings. The molecule has 1 heterocycles. The van der Waals surface area contributed by atoms with Gasteiger partial charge < -0.3 is 10.6 Å². The van der Waals surface area contributed by atoms with Crippen molar-refractivity contribution in [1.82, 2.24) is 14.8 Å². The summed E-state index contributed by atoms with van der Waals surface area (Å²) < 4.78 is 2.00. The van der Waals surface area contributed by atoms with E-state index in [1.54, 1.807) is 24.3 Å². The average Bonchev–Trinajstić information content (AvgIpc) is 3.23. The second-order valence-electron chi connectivity index (χ2n) is 7.08. The van der Waals surface area contributed by atoms with Gasteiger partial charge in [0.1, 0.15) is 0 Å². The van der Waals surface area contributed by atoms with Crippen molar-refractivity contribution < 1.29 is 4.79 Å². The fourth-order valence-corrected chi connectivity index (χ4v) is 4.25. The second-order valence-corrected chi connectivity index (χ2v) is 9.02. The molecule has 33 heavy (non-hydrogen) atoms. The first-order valence-electron chi connectivity index (χ1n) is 10.3. The summed E-state index contributed by atoms with van der Waals surface area (Å²) in [5.41, 5.74) is 2.62. The summed E-state index contributed by atoms with van der Waals surface area (Å²) in [6, 6.07) is 24.5. The van der Waals surface area contributed by atoms with Crippen molar-refractivity contribution in [2.24, 2.45) is 0 Å². The van der Waals surface area contributed by atoms with Crippen molar-refractivity contribution in [2.45, 2.75) is 18.1 Å². The molecule has 3 aromatic carbocycles. The zero-order valence-corrected chi connectivity index (χ0v) is 19.9. The van der Waals surface area contributed by atoms with Crippen molar-refractivity contribution >= 4 is 52.2 Å². The minimum Gasteiger partial charge on any atom is -0.378 e. The minimum absolute atomic E-state index is 0.0692. The number of para-hydroxylation sites is 1. The Labute approximate surface area is 206 Å². The van der Waals surface area contributed by atoms with Crippen LogP contribution in [0.5, 0.6) is 0 Å². The van der Waals surface area contributed by atoms with Crippen LogP contribution < -0.4 is 10.6 Å². The molecule has 2 N–H and O–H groups in total. The Bertz CT molecular complexity index is 1200. The lowest BCUT2D eigenvalue weighted by Gasteiger charge is -2.11. The van der Waals surface area contributed by atoms with Crippen LogP contribution >= 0.6 is 35.0 Å². The van der Waals surface area contributed by atoms with Gasteiger partial charge in [-0.15, -0.1) is 10.2 Å². The third-order valence-electron chi connectivity index (χ3n) is 4.70. The van der Waals surface area contributed by atoms with Crippen molar-refractivity contribution in [3.05, 3.63) is 94.7 Å². The summed E-state index contributed by atoms with van der Waals surface area (Å²) in [5, 5.41) is 17.0. The van der Waals surface area contributed by atoms with E-state index in [1.165, 1.54) is 11.8 Å².